The highest BCUT2D eigenvalue weighted by molar-refractivity contribution is 5.96. The highest BCUT2D eigenvalue weighted by Gasteiger charge is 2.21. The Morgan fingerprint density at radius 3 is 2.54 bits per heavy atom. The van der Waals surface area contributed by atoms with Crippen molar-refractivity contribution in [3.8, 4) is 5.75 Å². The van der Waals surface area contributed by atoms with Crippen LogP contribution in [0.4, 0.5) is 11.4 Å². The van der Waals surface area contributed by atoms with Gasteiger partial charge < -0.3 is 15.0 Å². The van der Waals surface area contributed by atoms with Gasteiger partial charge >= 0.3 is 0 Å². The molecule has 5 heteroatoms. The summed E-state index contributed by atoms with van der Waals surface area (Å²) in [6.07, 6.45) is 0.881. The van der Waals surface area contributed by atoms with Gasteiger partial charge in [0.15, 0.2) is 6.10 Å². The van der Waals surface area contributed by atoms with E-state index in [1.165, 1.54) is 0 Å². The van der Waals surface area contributed by atoms with Gasteiger partial charge in [0.05, 0.1) is 0 Å². The normalized spacial score (nSPS) is 15.0. The summed E-state index contributed by atoms with van der Waals surface area (Å²) < 4.78 is 5.81. The van der Waals surface area contributed by atoms with E-state index < -0.39 is 6.10 Å². The van der Waals surface area contributed by atoms with Crippen molar-refractivity contribution in [1.29, 1.82) is 0 Å². The van der Waals surface area contributed by atoms with Gasteiger partial charge in [0.1, 0.15) is 5.75 Å². The Kier molecular flexibility index (Phi) is 5.26. The molecule has 0 aromatic heterocycles. The van der Waals surface area contributed by atoms with E-state index in [2.05, 4.69) is 5.32 Å². The Morgan fingerprint density at radius 1 is 1.15 bits per heavy atom. The molecule has 1 heterocycles. The number of carbonyl (C=O) groups is 2. The molecule has 2 aromatic rings. The van der Waals surface area contributed by atoms with Crippen LogP contribution in [0, 0.1) is 13.8 Å². The number of ether oxygens (including phenoxy) is 1. The van der Waals surface area contributed by atoms with Crippen LogP contribution in [0.25, 0.3) is 0 Å². The maximum Gasteiger partial charge on any atom is 0.265 e. The largest absolute Gasteiger partial charge is 0.481 e. The molecule has 2 aromatic carbocycles. The molecule has 1 saturated heterocycles. The Hall–Kier alpha value is -2.82. The minimum atomic E-state index is -0.615. The summed E-state index contributed by atoms with van der Waals surface area (Å²) in [4.78, 5) is 26.0. The van der Waals surface area contributed by atoms with Crippen LogP contribution in [0.5, 0.6) is 5.75 Å². The second kappa shape index (κ2) is 7.60. The molecule has 3 rings (SSSR count). The van der Waals surface area contributed by atoms with Gasteiger partial charge in [0.25, 0.3) is 5.91 Å². The average molecular weight is 352 g/mol. The van der Waals surface area contributed by atoms with Crippen LogP contribution in [0.2, 0.25) is 0 Å². The van der Waals surface area contributed by atoms with E-state index >= 15 is 0 Å². The highest BCUT2D eigenvalue weighted by Crippen LogP contribution is 2.24. The molecule has 0 spiro atoms. The Bertz CT molecular complexity index is 815. The zero-order chi connectivity index (χ0) is 18.7. The lowest BCUT2D eigenvalue weighted by molar-refractivity contribution is -0.122. The lowest BCUT2D eigenvalue weighted by atomic mass is 10.1. The van der Waals surface area contributed by atoms with Gasteiger partial charge in [-0.3, -0.25) is 9.59 Å². The number of nitrogens with one attached hydrogen (secondary N) is 1. The molecule has 1 N–H and O–H groups in total. The van der Waals surface area contributed by atoms with Crippen molar-refractivity contribution in [1.82, 2.24) is 0 Å². The molecular weight excluding hydrogens is 328 g/mol. The first-order valence-electron chi connectivity index (χ1n) is 8.89. The zero-order valence-electron chi connectivity index (χ0n) is 15.4. The van der Waals surface area contributed by atoms with Crippen LogP contribution in [-0.4, -0.2) is 24.5 Å². The standard InChI is InChI=1S/C21H24N2O3/c1-14-6-7-15(2)19(13-14)26-16(3)21(25)22-17-8-10-18(11-9-17)23-12-4-5-20(23)24/h6-11,13,16H,4-5,12H2,1-3H3,(H,22,25)/t16-/m0/s1. The molecule has 0 saturated carbocycles. The third-order valence-corrected chi connectivity index (χ3v) is 4.54. The monoisotopic (exact) mass is 352 g/mol. The van der Waals surface area contributed by atoms with E-state index in [4.69, 9.17) is 4.74 Å². The van der Waals surface area contributed by atoms with Crippen LogP contribution >= 0.6 is 0 Å². The van der Waals surface area contributed by atoms with Crippen molar-refractivity contribution >= 4 is 23.2 Å². The Morgan fingerprint density at radius 2 is 1.88 bits per heavy atom. The molecule has 0 unspecified atom stereocenters. The van der Waals surface area contributed by atoms with Crippen molar-refractivity contribution in [2.24, 2.45) is 0 Å². The fourth-order valence-corrected chi connectivity index (χ4v) is 2.97. The molecule has 1 aliphatic heterocycles. The predicted octanol–water partition coefficient (Wildman–Crippen LogP) is 3.84. The first kappa shape index (κ1) is 18.0. The summed E-state index contributed by atoms with van der Waals surface area (Å²) in [7, 11) is 0. The van der Waals surface area contributed by atoms with E-state index in [1.807, 2.05) is 56.3 Å². The molecule has 1 atom stereocenters. The maximum atomic E-state index is 12.4. The van der Waals surface area contributed by atoms with Gasteiger partial charge in [0, 0.05) is 24.3 Å². The zero-order valence-corrected chi connectivity index (χ0v) is 15.4. The summed E-state index contributed by atoms with van der Waals surface area (Å²) in [5.41, 5.74) is 3.63. The van der Waals surface area contributed by atoms with Crippen LogP contribution in [0.15, 0.2) is 42.5 Å². The number of rotatable bonds is 5. The van der Waals surface area contributed by atoms with Gasteiger partial charge in [-0.05, 0) is 68.7 Å². The molecule has 0 aliphatic carbocycles. The summed E-state index contributed by atoms with van der Waals surface area (Å²) in [5, 5.41) is 2.86. The second-order valence-corrected chi connectivity index (χ2v) is 6.71. The predicted molar refractivity (Wildman–Crippen MR) is 103 cm³/mol. The number of hydrogen-bond acceptors (Lipinski definition) is 3. The molecular formula is C21H24N2O3. The Balaban J connectivity index is 1.62. The van der Waals surface area contributed by atoms with Gasteiger partial charge in [-0.15, -0.1) is 0 Å². The number of carbonyl (C=O) groups excluding carboxylic acids is 2. The van der Waals surface area contributed by atoms with Crippen molar-refractivity contribution in [2.45, 2.75) is 39.7 Å². The van der Waals surface area contributed by atoms with Crippen LogP contribution in [-0.2, 0) is 9.59 Å². The van der Waals surface area contributed by atoms with E-state index in [-0.39, 0.29) is 11.8 Å². The molecule has 0 bridgehead atoms. The average Bonchev–Trinajstić information content (AvgIpc) is 3.04. The minimum Gasteiger partial charge on any atom is -0.481 e. The summed E-state index contributed by atoms with van der Waals surface area (Å²) in [6.45, 7) is 6.43. The lowest BCUT2D eigenvalue weighted by Crippen LogP contribution is -2.30. The SMILES string of the molecule is Cc1ccc(C)c(O[C@@H](C)C(=O)Nc2ccc(N3CCCC3=O)cc2)c1. The maximum absolute atomic E-state index is 12.4. The topological polar surface area (TPSA) is 58.6 Å². The van der Waals surface area contributed by atoms with Gasteiger partial charge in [0.2, 0.25) is 5.91 Å². The number of hydrogen-bond donors (Lipinski definition) is 1. The molecule has 5 nitrogen and oxygen atoms in total. The third kappa shape index (κ3) is 4.04. The van der Waals surface area contributed by atoms with Crippen molar-refractivity contribution in [2.75, 3.05) is 16.8 Å². The van der Waals surface area contributed by atoms with Gasteiger partial charge in [-0.2, -0.15) is 0 Å². The number of benzene rings is 2. The summed E-state index contributed by atoms with van der Waals surface area (Å²) >= 11 is 0. The fraction of sp³-hybridized carbons (Fsp3) is 0.333. The van der Waals surface area contributed by atoms with Crippen molar-refractivity contribution < 1.29 is 14.3 Å². The number of nitrogens with zero attached hydrogens (tertiary/aromatic N) is 1. The minimum absolute atomic E-state index is 0.150. The van der Waals surface area contributed by atoms with Crippen molar-refractivity contribution in [3.05, 3.63) is 53.6 Å². The molecule has 26 heavy (non-hydrogen) atoms. The summed E-state index contributed by atoms with van der Waals surface area (Å²) in [5.74, 6) is 0.656. The molecule has 136 valence electrons. The highest BCUT2D eigenvalue weighted by atomic mass is 16.5. The number of amides is 2. The van der Waals surface area contributed by atoms with Gasteiger partial charge in [-0.25, -0.2) is 0 Å². The fourth-order valence-electron chi connectivity index (χ4n) is 2.97. The smallest absolute Gasteiger partial charge is 0.265 e. The first-order chi connectivity index (χ1) is 12.4. The van der Waals surface area contributed by atoms with Crippen LogP contribution in [0.1, 0.15) is 30.9 Å². The van der Waals surface area contributed by atoms with E-state index in [0.717, 1.165) is 35.5 Å². The van der Waals surface area contributed by atoms with E-state index in [0.29, 0.717) is 12.1 Å². The molecule has 2 amide bonds. The van der Waals surface area contributed by atoms with E-state index in [1.54, 1.807) is 11.8 Å². The third-order valence-electron chi connectivity index (χ3n) is 4.54. The number of anilines is 2. The lowest BCUT2D eigenvalue weighted by Gasteiger charge is -2.18. The molecule has 1 fully saturated rings. The van der Waals surface area contributed by atoms with Crippen LogP contribution in [0.3, 0.4) is 0 Å². The number of aryl methyl sites for hydroxylation is 2. The van der Waals surface area contributed by atoms with E-state index in [9.17, 15) is 9.59 Å². The second-order valence-electron chi connectivity index (χ2n) is 6.71. The Labute approximate surface area is 154 Å². The molecule has 1 aliphatic rings. The van der Waals surface area contributed by atoms with Gasteiger partial charge in [-0.1, -0.05) is 12.1 Å². The summed E-state index contributed by atoms with van der Waals surface area (Å²) in [6, 6.07) is 13.3. The first-order valence-corrected chi connectivity index (χ1v) is 8.89. The molecule has 0 radical (unpaired) electrons. The quantitative estimate of drug-likeness (QED) is 0.889. The van der Waals surface area contributed by atoms with Crippen LogP contribution < -0.4 is 15.0 Å². The van der Waals surface area contributed by atoms with Crippen molar-refractivity contribution in [3.63, 3.8) is 0 Å².